The normalized spacial score (nSPS) is 9.95. The quantitative estimate of drug-likeness (QED) is 0.690. The summed E-state index contributed by atoms with van der Waals surface area (Å²) < 4.78 is 0. The third-order valence-corrected chi connectivity index (χ3v) is 2.56. The third-order valence-electron chi connectivity index (χ3n) is 2.31. The van der Waals surface area contributed by atoms with Crippen LogP contribution < -0.4 is 5.32 Å². The Morgan fingerprint density at radius 3 is 2.42 bits per heavy atom. The number of carbonyl (C=O) groups is 1. The number of nitro groups is 1. The third kappa shape index (κ3) is 3.26. The zero-order valence-corrected chi connectivity index (χ0v) is 10.3. The number of nitrogens with one attached hydrogen (secondary N) is 1. The van der Waals surface area contributed by atoms with Crippen LogP contribution in [-0.2, 0) is 0 Å². The summed E-state index contributed by atoms with van der Waals surface area (Å²) in [7, 11) is 0. The number of rotatable bonds is 3. The van der Waals surface area contributed by atoms with Gasteiger partial charge in [0.05, 0.1) is 4.92 Å². The van der Waals surface area contributed by atoms with Crippen LogP contribution in [0.3, 0.4) is 0 Å². The van der Waals surface area contributed by atoms with Crippen molar-refractivity contribution in [3.63, 3.8) is 0 Å². The van der Waals surface area contributed by atoms with Crippen molar-refractivity contribution in [3.05, 3.63) is 63.3 Å². The van der Waals surface area contributed by atoms with Gasteiger partial charge in [0.15, 0.2) is 0 Å². The highest BCUT2D eigenvalue weighted by Gasteiger charge is 2.09. The molecule has 0 fully saturated rings. The highest BCUT2D eigenvalue weighted by atomic mass is 35.5. The summed E-state index contributed by atoms with van der Waals surface area (Å²) in [5, 5.41) is 13.5. The lowest BCUT2D eigenvalue weighted by atomic mass is 10.2. The van der Waals surface area contributed by atoms with Crippen LogP contribution in [0.1, 0.15) is 10.4 Å². The van der Waals surface area contributed by atoms with Crippen molar-refractivity contribution in [3.8, 4) is 0 Å². The maximum Gasteiger partial charge on any atom is 0.287 e. The lowest BCUT2D eigenvalue weighted by Gasteiger charge is -2.04. The fraction of sp³-hybridized carbons (Fsp3) is 0. The van der Waals surface area contributed by atoms with Crippen LogP contribution in [0.25, 0.3) is 0 Å². The van der Waals surface area contributed by atoms with Gasteiger partial charge >= 0.3 is 0 Å². The number of carbonyl (C=O) groups excluding carboxylic acids is 1. The molecule has 0 saturated heterocycles. The molecule has 0 aliphatic heterocycles. The van der Waals surface area contributed by atoms with E-state index in [1.807, 2.05) is 0 Å². The van der Waals surface area contributed by atoms with Gasteiger partial charge in [0, 0.05) is 16.7 Å². The molecular formula is C12H8ClN3O3. The molecule has 1 amide bonds. The fourth-order valence-corrected chi connectivity index (χ4v) is 1.48. The number of aromatic nitrogens is 1. The highest BCUT2D eigenvalue weighted by Crippen LogP contribution is 2.14. The van der Waals surface area contributed by atoms with Crippen LogP contribution >= 0.6 is 11.6 Å². The molecule has 2 rings (SSSR count). The molecule has 0 unspecified atom stereocenters. The second kappa shape index (κ2) is 5.45. The molecule has 0 bridgehead atoms. The summed E-state index contributed by atoms with van der Waals surface area (Å²) in [6.07, 6.45) is 1.08. The SMILES string of the molecule is O=C(Nc1ccc([N+](=O)[O-])cn1)c1ccc(Cl)cc1. The summed E-state index contributed by atoms with van der Waals surface area (Å²) >= 11 is 5.72. The van der Waals surface area contributed by atoms with E-state index in [4.69, 9.17) is 11.6 Å². The van der Waals surface area contributed by atoms with Crippen LogP contribution in [0, 0.1) is 10.1 Å². The van der Waals surface area contributed by atoms with Gasteiger partial charge in [-0.1, -0.05) is 11.6 Å². The lowest BCUT2D eigenvalue weighted by Crippen LogP contribution is -2.12. The molecular weight excluding hydrogens is 270 g/mol. The molecule has 1 aromatic heterocycles. The van der Waals surface area contributed by atoms with Gasteiger partial charge in [0.2, 0.25) is 0 Å². The maximum absolute atomic E-state index is 11.8. The van der Waals surface area contributed by atoms with Crippen LogP contribution in [0.15, 0.2) is 42.6 Å². The van der Waals surface area contributed by atoms with E-state index in [-0.39, 0.29) is 17.4 Å². The largest absolute Gasteiger partial charge is 0.307 e. The molecule has 0 radical (unpaired) electrons. The van der Waals surface area contributed by atoms with Crippen LogP contribution in [0.2, 0.25) is 5.02 Å². The first-order valence-electron chi connectivity index (χ1n) is 5.23. The number of nitrogens with zero attached hydrogens (tertiary/aromatic N) is 2. The zero-order valence-electron chi connectivity index (χ0n) is 9.54. The Labute approximate surface area is 113 Å². The Kier molecular flexibility index (Phi) is 3.72. The molecule has 1 heterocycles. The van der Waals surface area contributed by atoms with E-state index in [1.165, 1.54) is 12.1 Å². The monoisotopic (exact) mass is 277 g/mol. The number of hydrogen-bond donors (Lipinski definition) is 1. The Balaban J connectivity index is 2.10. The van der Waals surface area contributed by atoms with Gasteiger partial charge in [-0.2, -0.15) is 0 Å². The number of anilines is 1. The molecule has 0 aliphatic rings. The summed E-state index contributed by atoms with van der Waals surface area (Å²) in [5.41, 5.74) is 0.286. The molecule has 0 atom stereocenters. The predicted molar refractivity (Wildman–Crippen MR) is 70.3 cm³/mol. The Morgan fingerprint density at radius 2 is 1.89 bits per heavy atom. The molecule has 1 aromatic carbocycles. The Bertz CT molecular complexity index is 611. The summed E-state index contributed by atoms with van der Waals surface area (Å²) in [6, 6.07) is 8.97. The number of halogens is 1. The van der Waals surface area contributed by atoms with Crippen LogP contribution in [0.4, 0.5) is 11.5 Å². The Morgan fingerprint density at radius 1 is 1.21 bits per heavy atom. The highest BCUT2D eigenvalue weighted by molar-refractivity contribution is 6.30. The van der Waals surface area contributed by atoms with Gasteiger partial charge in [0.25, 0.3) is 11.6 Å². The number of amides is 1. The van der Waals surface area contributed by atoms with E-state index in [9.17, 15) is 14.9 Å². The van der Waals surface area contributed by atoms with E-state index in [1.54, 1.807) is 24.3 Å². The second-order valence-corrected chi connectivity index (χ2v) is 4.06. The fourth-order valence-electron chi connectivity index (χ4n) is 1.36. The van der Waals surface area contributed by atoms with E-state index in [0.29, 0.717) is 10.6 Å². The van der Waals surface area contributed by atoms with E-state index < -0.39 is 4.92 Å². The minimum Gasteiger partial charge on any atom is -0.307 e. The number of pyridine rings is 1. The number of hydrogen-bond acceptors (Lipinski definition) is 4. The van der Waals surface area contributed by atoms with Crippen LogP contribution in [0.5, 0.6) is 0 Å². The second-order valence-electron chi connectivity index (χ2n) is 3.62. The molecule has 6 nitrogen and oxygen atoms in total. The topological polar surface area (TPSA) is 85.1 Å². The summed E-state index contributed by atoms with van der Waals surface area (Å²) in [4.78, 5) is 25.5. The van der Waals surface area contributed by atoms with E-state index in [0.717, 1.165) is 6.20 Å². The zero-order chi connectivity index (χ0) is 13.8. The molecule has 7 heteroatoms. The van der Waals surface area contributed by atoms with E-state index >= 15 is 0 Å². The predicted octanol–water partition coefficient (Wildman–Crippen LogP) is 2.90. The van der Waals surface area contributed by atoms with Crippen molar-refractivity contribution in [2.45, 2.75) is 0 Å². The molecule has 2 aromatic rings. The minimum atomic E-state index is -0.558. The molecule has 1 N–H and O–H groups in total. The summed E-state index contributed by atoms with van der Waals surface area (Å²) in [5.74, 6) is -0.122. The number of benzene rings is 1. The average Bonchev–Trinajstić information content (AvgIpc) is 2.40. The van der Waals surface area contributed by atoms with Gasteiger partial charge in [0.1, 0.15) is 12.0 Å². The molecule has 19 heavy (non-hydrogen) atoms. The molecule has 0 aliphatic carbocycles. The van der Waals surface area contributed by atoms with Crippen molar-refractivity contribution < 1.29 is 9.72 Å². The van der Waals surface area contributed by atoms with Crippen molar-refractivity contribution in [2.75, 3.05) is 5.32 Å². The van der Waals surface area contributed by atoms with Crippen molar-refractivity contribution in [2.24, 2.45) is 0 Å². The molecule has 0 spiro atoms. The van der Waals surface area contributed by atoms with Crippen molar-refractivity contribution in [1.29, 1.82) is 0 Å². The smallest absolute Gasteiger partial charge is 0.287 e. The molecule has 96 valence electrons. The molecule has 0 saturated carbocycles. The Hall–Kier alpha value is -2.47. The lowest BCUT2D eigenvalue weighted by molar-refractivity contribution is -0.385. The summed E-state index contributed by atoms with van der Waals surface area (Å²) in [6.45, 7) is 0. The van der Waals surface area contributed by atoms with Gasteiger partial charge in [-0.25, -0.2) is 4.98 Å². The van der Waals surface area contributed by atoms with Gasteiger partial charge in [-0.05, 0) is 30.3 Å². The van der Waals surface area contributed by atoms with Gasteiger partial charge in [-0.15, -0.1) is 0 Å². The minimum absolute atomic E-state index is 0.135. The average molecular weight is 278 g/mol. The van der Waals surface area contributed by atoms with Gasteiger partial charge < -0.3 is 5.32 Å². The van der Waals surface area contributed by atoms with Crippen molar-refractivity contribution in [1.82, 2.24) is 4.98 Å². The first-order valence-corrected chi connectivity index (χ1v) is 5.61. The first kappa shape index (κ1) is 13.0. The maximum atomic E-state index is 11.8. The standard InChI is InChI=1S/C12H8ClN3O3/c13-9-3-1-8(2-4-9)12(17)15-11-6-5-10(7-14-11)16(18)19/h1-7H,(H,14,15,17). The van der Waals surface area contributed by atoms with Crippen LogP contribution in [-0.4, -0.2) is 15.8 Å². The first-order chi connectivity index (χ1) is 9.06. The van der Waals surface area contributed by atoms with E-state index in [2.05, 4.69) is 10.3 Å². The van der Waals surface area contributed by atoms with Crippen molar-refractivity contribution >= 4 is 29.0 Å². The van der Waals surface area contributed by atoms with Gasteiger partial charge in [-0.3, -0.25) is 14.9 Å².